The molecule has 0 radical (unpaired) electrons. The lowest BCUT2D eigenvalue weighted by Gasteiger charge is -2.03. The number of fused-ring (bicyclic) bond motifs is 1. The normalized spacial score (nSPS) is 12.1. The molecule has 0 spiro atoms. The Morgan fingerprint density at radius 3 is 2.85 bits per heavy atom. The van der Waals surface area contributed by atoms with Gasteiger partial charge in [0.2, 0.25) is 5.91 Å². The summed E-state index contributed by atoms with van der Waals surface area (Å²) in [5.41, 5.74) is 3.58. The van der Waals surface area contributed by atoms with Crippen molar-refractivity contribution in [2.75, 3.05) is 0 Å². The van der Waals surface area contributed by atoms with Crippen LogP contribution in [-0.2, 0) is 11.3 Å². The lowest BCUT2D eigenvalue weighted by Crippen LogP contribution is -2.16. The number of nitrogens with zero attached hydrogens (tertiary/aromatic N) is 2. The first-order valence-corrected chi connectivity index (χ1v) is 7.67. The zero-order chi connectivity index (χ0) is 14.7. The molecule has 0 aliphatic rings. The Balaban J connectivity index is 2.71. The van der Waals surface area contributed by atoms with Gasteiger partial charge in [0.05, 0.1) is 10.2 Å². The zero-order valence-electron chi connectivity index (χ0n) is 12.3. The molecule has 0 saturated carbocycles. The molecule has 0 saturated heterocycles. The predicted molar refractivity (Wildman–Crippen MR) is 85.0 cm³/mol. The molecule has 2 rings (SSSR count). The molecule has 0 N–H and O–H groups in total. The number of carbonyl (C=O) groups excluding carboxylic acids is 1. The molecule has 1 aromatic heterocycles. The topological polar surface area (TPSA) is 34.4 Å². The molecule has 0 bridgehead atoms. The van der Waals surface area contributed by atoms with Gasteiger partial charge in [0.15, 0.2) is 4.80 Å². The van der Waals surface area contributed by atoms with Gasteiger partial charge in [0.1, 0.15) is 0 Å². The Labute approximate surface area is 123 Å². The van der Waals surface area contributed by atoms with Gasteiger partial charge < -0.3 is 4.57 Å². The number of rotatable bonds is 4. The molecule has 1 heterocycles. The quantitative estimate of drug-likeness (QED) is 0.789. The van der Waals surface area contributed by atoms with Crippen molar-refractivity contribution in [2.24, 2.45) is 4.99 Å². The van der Waals surface area contributed by atoms with E-state index in [0.717, 1.165) is 16.7 Å². The molecule has 106 valence electrons. The summed E-state index contributed by atoms with van der Waals surface area (Å²) in [6, 6.07) is 4.31. The summed E-state index contributed by atoms with van der Waals surface area (Å²) < 4.78 is 3.26. The van der Waals surface area contributed by atoms with Gasteiger partial charge in [-0.3, -0.25) is 4.79 Å². The van der Waals surface area contributed by atoms with Gasteiger partial charge >= 0.3 is 0 Å². The number of hydrogen-bond donors (Lipinski definition) is 0. The van der Waals surface area contributed by atoms with Gasteiger partial charge in [-0.1, -0.05) is 30.4 Å². The summed E-state index contributed by atoms with van der Waals surface area (Å²) in [5.74, 6) is -0.0498. The lowest BCUT2D eigenvalue weighted by atomic mass is 10.1. The minimum atomic E-state index is -0.0498. The van der Waals surface area contributed by atoms with E-state index in [9.17, 15) is 4.79 Å². The van der Waals surface area contributed by atoms with Crippen molar-refractivity contribution in [3.8, 4) is 0 Å². The van der Waals surface area contributed by atoms with Crippen molar-refractivity contribution in [3.63, 3.8) is 0 Å². The van der Waals surface area contributed by atoms with Gasteiger partial charge in [-0.25, -0.2) is 0 Å². The van der Waals surface area contributed by atoms with E-state index in [2.05, 4.69) is 42.1 Å². The Kier molecular flexibility index (Phi) is 4.55. The summed E-state index contributed by atoms with van der Waals surface area (Å²) >= 11 is 1.58. The average Bonchev–Trinajstić information content (AvgIpc) is 2.69. The monoisotopic (exact) mass is 288 g/mol. The maximum Gasteiger partial charge on any atom is 0.248 e. The third kappa shape index (κ3) is 2.90. The fraction of sp³-hybridized carbons (Fsp3) is 0.375. The van der Waals surface area contributed by atoms with Crippen molar-refractivity contribution in [2.45, 2.75) is 40.2 Å². The molecule has 4 heteroatoms. The van der Waals surface area contributed by atoms with E-state index in [1.165, 1.54) is 15.8 Å². The third-order valence-corrected chi connectivity index (χ3v) is 4.34. The van der Waals surface area contributed by atoms with Crippen molar-refractivity contribution >= 4 is 27.5 Å². The first-order chi connectivity index (χ1) is 9.56. The number of allylic oxidation sites excluding steroid dienone is 1. The maximum absolute atomic E-state index is 11.8. The summed E-state index contributed by atoms with van der Waals surface area (Å²) in [5, 5.41) is 0. The van der Waals surface area contributed by atoms with E-state index in [-0.39, 0.29) is 5.91 Å². The van der Waals surface area contributed by atoms with Gasteiger partial charge in [-0.2, -0.15) is 4.99 Å². The SMILES string of the molecule is C=CCn1c(=NC(=O)CCC)sc2c(C)cc(C)cc21. The molecule has 0 aliphatic carbocycles. The number of amides is 1. The highest BCUT2D eigenvalue weighted by Crippen LogP contribution is 2.23. The number of thiazole rings is 1. The molecule has 3 nitrogen and oxygen atoms in total. The summed E-state index contributed by atoms with van der Waals surface area (Å²) in [6.45, 7) is 10.6. The molecule has 0 unspecified atom stereocenters. The largest absolute Gasteiger partial charge is 0.312 e. The Bertz CT molecular complexity index is 722. The maximum atomic E-state index is 11.8. The lowest BCUT2D eigenvalue weighted by molar-refractivity contribution is -0.118. The van der Waals surface area contributed by atoms with Crippen LogP contribution in [0.15, 0.2) is 29.8 Å². The predicted octanol–water partition coefficient (Wildman–Crippen LogP) is 3.73. The Morgan fingerprint density at radius 2 is 2.20 bits per heavy atom. The Hall–Kier alpha value is -1.68. The molecule has 0 aliphatic heterocycles. The minimum absolute atomic E-state index is 0.0498. The van der Waals surface area contributed by atoms with Crippen LogP contribution in [0.2, 0.25) is 0 Å². The van der Waals surface area contributed by atoms with Crippen LogP contribution in [0.4, 0.5) is 0 Å². The van der Waals surface area contributed by atoms with Crippen molar-refractivity contribution < 1.29 is 4.79 Å². The number of aromatic nitrogens is 1. The fourth-order valence-electron chi connectivity index (χ4n) is 2.28. The second-order valence-electron chi connectivity index (χ2n) is 4.97. The van der Waals surface area contributed by atoms with Crippen LogP contribution in [0.3, 0.4) is 0 Å². The summed E-state index contributed by atoms with van der Waals surface area (Å²) in [4.78, 5) is 16.8. The number of hydrogen-bond acceptors (Lipinski definition) is 2. The van der Waals surface area contributed by atoms with Crippen LogP contribution in [0.5, 0.6) is 0 Å². The molecule has 2 aromatic rings. The molecular formula is C16H20N2OS. The molecular weight excluding hydrogens is 268 g/mol. The smallest absolute Gasteiger partial charge is 0.248 e. The van der Waals surface area contributed by atoms with Crippen LogP contribution in [0, 0.1) is 13.8 Å². The summed E-state index contributed by atoms with van der Waals surface area (Å²) in [6.07, 6.45) is 3.17. The Morgan fingerprint density at radius 1 is 1.45 bits per heavy atom. The van der Waals surface area contributed by atoms with Crippen LogP contribution in [0.1, 0.15) is 30.9 Å². The van der Waals surface area contributed by atoms with E-state index in [1.54, 1.807) is 11.3 Å². The number of carbonyl (C=O) groups is 1. The van der Waals surface area contributed by atoms with E-state index < -0.39 is 0 Å². The van der Waals surface area contributed by atoms with Crippen LogP contribution >= 0.6 is 11.3 Å². The van der Waals surface area contributed by atoms with E-state index >= 15 is 0 Å². The van der Waals surface area contributed by atoms with Gasteiger partial charge in [0.25, 0.3) is 0 Å². The van der Waals surface area contributed by atoms with Crippen molar-refractivity contribution in [3.05, 3.63) is 40.7 Å². The zero-order valence-corrected chi connectivity index (χ0v) is 13.1. The molecule has 1 amide bonds. The van der Waals surface area contributed by atoms with Gasteiger partial charge in [-0.15, -0.1) is 6.58 Å². The summed E-state index contributed by atoms with van der Waals surface area (Å²) in [7, 11) is 0. The van der Waals surface area contributed by atoms with E-state index in [4.69, 9.17) is 0 Å². The first-order valence-electron chi connectivity index (χ1n) is 6.85. The highest BCUT2D eigenvalue weighted by atomic mass is 32.1. The number of aryl methyl sites for hydroxylation is 2. The van der Waals surface area contributed by atoms with Crippen molar-refractivity contribution in [1.29, 1.82) is 0 Å². The molecule has 0 atom stereocenters. The number of benzene rings is 1. The fourth-order valence-corrected chi connectivity index (χ4v) is 3.39. The highest BCUT2D eigenvalue weighted by Gasteiger charge is 2.09. The van der Waals surface area contributed by atoms with E-state index in [1.807, 2.05) is 13.0 Å². The van der Waals surface area contributed by atoms with Crippen LogP contribution in [-0.4, -0.2) is 10.5 Å². The minimum Gasteiger partial charge on any atom is -0.312 e. The van der Waals surface area contributed by atoms with E-state index in [0.29, 0.717) is 13.0 Å². The van der Waals surface area contributed by atoms with Crippen LogP contribution < -0.4 is 4.80 Å². The van der Waals surface area contributed by atoms with Gasteiger partial charge in [0, 0.05) is 13.0 Å². The van der Waals surface area contributed by atoms with Gasteiger partial charge in [-0.05, 0) is 37.5 Å². The second kappa shape index (κ2) is 6.18. The molecule has 20 heavy (non-hydrogen) atoms. The first kappa shape index (κ1) is 14.7. The highest BCUT2D eigenvalue weighted by molar-refractivity contribution is 7.16. The molecule has 1 aromatic carbocycles. The van der Waals surface area contributed by atoms with Crippen molar-refractivity contribution in [1.82, 2.24) is 4.57 Å². The second-order valence-corrected chi connectivity index (χ2v) is 5.95. The average molecular weight is 288 g/mol. The standard InChI is InChI=1S/C16H20N2OS/c1-5-7-14(19)17-16-18(8-6-2)13-10-11(3)9-12(4)15(13)20-16/h6,9-10H,2,5,7-8H2,1,3-4H3. The molecule has 0 fully saturated rings. The third-order valence-electron chi connectivity index (χ3n) is 3.11. The van der Waals surface area contributed by atoms with Crippen LogP contribution in [0.25, 0.3) is 10.2 Å².